The van der Waals surface area contributed by atoms with Gasteiger partial charge in [0.15, 0.2) is 0 Å². The molecule has 0 radical (unpaired) electrons. The van der Waals surface area contributed by atoms with Gasteiger partial charge in [-0.25, -0.2) is 0 Å². The standard InChI is InChI=1S/C17H20F3NOS/c18-17(19,20)14-9-5-4-8-13(14)16-21(10-11-23-16)15(22)12-6-2-1-3-7-12/h4-5,8-9,12,16H,1-3,6-7,10-11H2/t16-/m0/s1. The molecule has 1 atom stereocenters. The van der Waals surface area contributed by atoms with Gasteiger partial charge in [0, 0.05) is 18.2 Å². The summed E-state index contributed by atoms with van der Waals surface area (Å²) < 4.78 is 39.8. The Balaban J connectivity index is 1.86. The highest BCUT2D eigenvalue weighted by atomic mass is 32.2. The summed E-state index contributed by atoms with van der Waals surface area (Å²) >= 11 is 1.43. The summed E-state index contributed by atoms with van der Waals surface area (Å²) in [5.74, 6) is 0.717. The first-order valence-electron chi connectivity index (χ1n) is 8.06. The summed E-state index contributed by atoms with van der Waals surface area (Å²) in [6.07, 6.45) is 0.585. The van der Waals surface area contributed by atoms with Gasteiger partial charge in [-0.2, -0.15) is 13.2 Å². The summed E-state index contributed by atoms with van der Waals surface area (Å²) in [6.45, 7) is 0.539. The first-order chi connectivity index (χ1) is 11.0. The van der Waals surface area contributed by atoms with Gasteiger partial charge in [-0.05, 0) is 24.5 Å². The largest absolute Gasteiger partial charge is 0.416 e. The van der Waals surface area contributed by atoms with Crippen molar-refractivity contribution in [2.75, 3.05) is 12.3 Å². The Kier molecular flexibility index (Phi) is 4.90. The molecule has 1 aliphatic heterocycles. The maximum atomic E-state index is 13.3. The zero-order valence-electron chi connectivity index (χ0n) is 12.8. The molecule has 1 aromatic carbocycles. The average Bonchev–Trinajstić information content (AvgIpc) is 3.03. The van der Waals surface area contributed by atoms with E-state index in [4.69, 9.17) is 0 Å². The van der Waals surface area contributed by atoms with E-state index >= 15 is 0 Å². The van der Waals surface area contributed by atoms with Crippen LogP contribution in [0.15, 0.2) is 24.3 Å². The van der Waals surface area contributed by atoms with E-state index in [1.807, 2.05) is 0 Å². The monoisotopic (exact) mass is 343 g/mol. The average molecular weight is 343 g/mol. The van der Waals surface area contributed by atoms with E-state index in [9.17, 15) is 18.0 Å². The number of halogens is 3. The zero-order valence-corrected chi connectivity index (χ0v) is 13.6. The van der Waals surface area contributed by atoms with Gasteiger partial charge in [-0.1, -0.05) is 37.5 Å². The predicted molar refractivity (Wildman–Crippen MR) is 84.9 cm³/mol. The van der Waals surface area contributed by atoms with Crippen molar-refractivity contribution in [1.82, 2.24) is 4.90 Å². The third-order valence-electron chi connectivity index (χ3n) is 4.66. The molecule has 6 heteroatoms. The van der Waals surface area contributed by atoms with Crippen LogP contribution in [0.2, 0.25) is 0 Å². The normalized spacial score (nSPS) is 23.3. The molecule has 1 aromatic rings. The molecule has 2 nitrogen and oxygen atoms in total. The van der Waals surface area contributed by atoms with E-state index in [2.05, 4.69) is 0 Å². The minimum atomic E-state index is -4.39. The first kappa shape index (κ1) is 16.7. The van der Waals surface area contributed by atoms with Crippen molar-refractivity contribution in [3.8, 4) is 0 Å². The van der Waals surface area contributed by atoms with Crippen LogP contribution in [0.3, 0.4) is 0 Å². The maximum Gasteiger partial charge on any atom is 0.416 e. The number of carbonyl (C=O) groups excluding carboxylic acids is 1. The summed E-state index contributed by atoms with van der Waals surface area (Å²) in [4.78, 5) is 14.4. The predicted octanol–water partition coefficient (Wildman–Crippen LogP) is 4.86. The lowest BCUT2D eigenvalue weighted by Crippen LogP contribution is -2.37. The summed E-state index contributed by atoms with van der Waals surface area (Å²) in [6, 6.07) is 5.64. The van der Waals surface area contributed by atoms with Crippen molar-refractivity contribution in [3.63, 3.8) is 0 Å². The minimum Gasteiger partial charge on any atom is -0.325 e. The molecule has 0 unspecified atom stereocenters. The molecule has 0 N–H and O–H groups in total. The van der Waals surface area contributed by atoms with Crippen molar-refractivity contribution in [2.45, 2.75) is 43.7 Å². The van der Waals surface area contributed by atoms with Crippen molar-refractivity contribution in [3.05, 3.63) is 35.4 Å². The highest BCUT2D eigenvalue weighted by Gasteiger charge is 2.40. The Morgan fingerprint density at radius 1 is 1.13 bits per heavy atom. The molecule has 1 heterocycles. The Bertz CT molecular complexity index is 569. The van der Waals surface area contributed by atoms with Crippen molar-refractivity contribution in [1.29, 1.82) is 0 Å². The third-order valence-corrected chi connectivity index (χ3v) is 5.90. The summed E-state index contributed by atoms with van der Waals surface area (Å²) in [5.41, 5.74) is -0.410. The number of nitrogens with zero attached hydrogens (tertiary/aromatic N) is 1. The topological polar surface area (TPSA) is 20.3 Å². The Morgan fingerprint density at radius 2 is 1.83 bits per heavy atom. The zero-order chi connectivity index (χ0) is 16.4. The van der Waals surface area contributed by atoms with Gasteiger partial charge in [-0.3, -0.25) is 4.79 Å². The molecule has 0 aromatic heterocycles. The van der Waals surface area contributed by atoms with Gasteiger partial charge in [-0.15, -0.1) is 11.8 Å². The number of amides is 1. The van der Waals surface area contributed by atoms with Crippen LogP contribution in [-0.2, 0) is 11.0 Å². The number of benzene rings is 1. The minimum absolute atomic E-state index is 0.0111. The van der Waals surface area contributed by atoms with Gasteiger partial charge in [0.05, 0.1) is 5.56 Å². The molecule has 0 bridgehead atoms. The summed E-state index contributed by atoms with van der Waals surface area (Å²) in [7, 11) is 0. The molecule has 1 amide bonds. The molecular formula is C17H20F3NOS. The van der Waals surface area contributed by atoms with Crippen molar-refractivity contribution < 1.29 is 18.0 Å². The van der Waals surface area contributed by atoms with Crippen LogP contribution in [0.25, 0.3) is 0 Å². The molecule has 2 fully saturated rings. The fourth-order valence-corrected chi connectivity index (χ4v) is 4.81. The van der Waals surface area contributed by atoms with Crippen LogP contribution in [0.5, 0.6) is 0 Å². The fourth-order valence-electron chi connectivity index (χ4n) is 3.51. The Labute approximate surface area is 138 Å². The van der Waals surface area contributed by atoms with E-state index in [1.165, 1.54) is 23.9 Å². The molecule has 1 saturated heterocycles. The molecule has 1 aliphatic carbocycles. The Morgan fingerprint density at radius 3 is 2.52 bits per heavy atom. The lowest BCUT2D eigenvalue weighted by molar-refractivity contribution is -0.141. The SMILES string of the molecule is O=C(C1CCCCC1)N1CCS[C@H]1c1ccccc1C(F)(F)F. The second-order valence-electron chi connectivity index (χ2n) is 6.17. The number of hydrogen-bond donors (Lipinski definition) is 0. The van der Waals surface area contributed by atoms with E-state index in [0.717, 1.165) is 38.2 Å². The maximum absolute atomic E-state index is 13.3. The molecule has 0 spiro atoms. The van der Waals surface area contributed by atoms with Gasteiger partial charge in [0.25, 0.3) is 0 Å². The van der Waals surface area contributed by atoms with Crippen LogP contribution < -0.4 is 0 Å². The Hall–Kier alpha value is -1.17. The van der Waals surface area contributed by atoms with E-state index in [0.29, 0.717) is 12.3 Å². The first-order valence-corrected chi connectivity index (χ1v) is 9.11. The molecule has 23 heavy (non-hydrogen) atoms. The lowest BCUT2D eigenvalue weighted by atomic mass is 9.88. The number of carbonyl (C=O) groups is 1. The fraction of sp³-hybridized carbons (Fsp3) is 0.588. The third kappa shape index (κ3) is 3.52. The van der Waals surface area contributed by atoms with E-state index < -0.39 is 17.1 Å². The number of thioether (sulfide) groups is 1. The van der Waals surface area contributed by atoms with Gasteiger partial charge in [0.1, 0.15) is 5.37 Å². The number of rotatable bonds is 2. The van der Waals surface area contributed by atoms with Gasteiger partial charge < -0.3 is 4.90 Å². The molecule has 2 aliphatic rings. The van der Waals surface area contributed by atoms with Crippen LogP contribution in [0.1, 0.15) is 48.6 Å². The van der Waals surface area contributed by atoms with Crippen LogP contribution >= 0.6 is 11.8 Å². The highest BCUT2D eigenvalue weighted by Crippen LogP contribution is 2.44. The number of alkyl halides is 3. The quantitative estimate of drug-likeness (QED) is 0.764. The molecule has 1 saturated carbocycles. The summed E-state index contributed by atoms with van der Waals surface area (Å²) in [5, 5.41) is -0.512. The molecule has 126 valence electrons. The van der Waals surface area contributed by atoms with Crippen molar-refractivity contribution in [2.24, 2.45) is 5.92 Å². The van der Waals surface area contributed by atoms with E-state index in [1.54, 1.807) is 11.0 Å². The van der Waals surface area contributed by atoms with E-state index in [-0.39, 0.29) is 17.4 Å². The second kappa shape index (κ2) is 6.75. The molecular weight excluding hydrogens is 323 g/mol. The van der Waals surface area contributed by atoms with Gasteiger partial charge >= 0.3 is 6.18 Å². The second-order valence-corrected chi connectivity index (χ2v) is 7.36. The van der Waals surface area contributed by atoms with Crippen LogP contribution in [0, 0.1) is 5.92 Å². The van der Waals surface area contributed by atoms with Gasteiger partial charge in [0.2, 0.25) is 5.91 Å². The lowest BCUT2D eigenvalue weighted by Gasteiger charge is -2.31. The number of hydrogen-bond acceptors (Lipinski definition) is 2. The highest BCUT2D eigenvalue weighted by molar-refractivity contribution is 7.99. The molecule has 3 rings (SSSR count). The van der Waals surface area contributed by atoms with Crippen molar-refractivity contribution >= 4 is 17.7 Å². The van der Waals surface area contributed by atoms with Crippen LogP contribution in [0.4, 0.5) is 13.2 Å². The van der Waals surface area contributed by atoms with Crippen LogP contribution in [-0.4, -0.2) is 23.1 Å². The smallest absolute Gasteiger partial charge is 0.325 e.